The molecule has 1 aromatic rings. The largest absolute Gasteiger partial charge is 0.323 e. The predicted molar refractivity (Wildman–Crippen MR) is 83.1 cm³/mol. The molecule has 112 valence electrons. The van der Waals surface area contributed by atoms with Gasteiger partial charge in [0.1, 0.15) is 0 Å². The van der Waals surface area contributed by atoms with Crippen molar-refractivity contribution in [2.75, 3.05) is 25.0 Å². The highest BCUT2D eigenvalue weighted by Crippen LogP contribution is 2.12. The van der Waals surface area contributed by atoms with E-state index in [0.29, 0.717) is 17.3 Å². The molecule has 1 fully saturated rings. The summed E-state index contributed by atoms with van der Waals surface area (Å²) in [7, 11) is 0. The predicted octanol–water partition coefficient (Wildman–Crippen LogP) is 2.55. The fourth-order valence-corrected chi connectivity index (χ4v) is 2.59. The second-order valence-corrected chi connectivity index (χ2v) is 5.36. The van der Waals surface area contributed by atoms with Crippen molar-refractivity contribution in [1.29, 1.82) is 5.26 Å². The summed E-state index contributed by atoms with van der Waals surface area (Å²) in [5, 5.41) is 15.2. The molecule has 1 aromatic carbocycles. The summed E-state index contributed by atoms with van der Waals surface area (Å²) in [6.07, 6.45) is 3.23. The monoisotopic (exact) mass is 286 g/mol. The summed E-state index contributed by atoms with van der Waals surface area (Å²) in [5.74, 6) is 0. The van der Waals surface area contributed by atoms with Crippen LogP contribution in [-0.2, 0) is 0 Å². The molecule has 1 saturated heterocycles. The second kappa shape index (κ2) is 7.65. The van der Waals surface area contributed by atoms with Gasteiger partial charge in [-0.1, -0.05) is 13.0 Å². The number of hydrogen-bond donors (Lipinski definition) is 2. The van der Waals surface area contributed by atoms with Gasteiger partial charge in [-0.15, -0.1) is 0 Å². The van der Waals surface area contributed by atoms with Crippen LogP contribution >= 0.6 is 0 Å². The number of benzene rings is 1. The Morgan fingerprint density at radius 1 is 1.57 bits per heavy atom. The molecule has 5 heteroatoms. The second-order valence-electron chi connectivity index (χ2n) is 5.36. The zero-order chi connectivity index (χ0) is 15.1. The van der Waals surface area contributed by atoms with Gasteiger partial charge in [0, 0.05) is 24.8 Å². The Morgan fingerprint density at radius 2 is 2.43 bits per heavy atom. The number of nitrogens with zero attached hydrogens (tertiary/aromatic N) is 2. The van der Waals surface area contributed by atoms with Crippen LogP contribution in [0.2, 0.25) is 0 Å². The molecular formula is C16H22N4O. The van der Waals surface area contributed by atoms with Crippen molar-refractivity contribution >= 4 is 11.7 Å². The third-order valence-corrected chi connectivity index (χ3v) is 3.63. The smallest absolute Gasteiger partial charge is 0.321 e. The Kier molecular flexibility index (Phi) is 5.59. The number of rotatable bonds is 5. The summed E-state index contributed by atoms with van der Waals surface area (Å²) >= 11 is 0. The molecule has 0 bridgehead atoms. The average molecular weight is 286 g/mol. The molecule has 5 nitrogen and oxygen atoms in total. The van der Waals surface area contributed by atoms with Crippen LogP contribution in [-0.4, -0.2) is 36.6 Å². The Labute approximate surface area is 125 Å². The average Bonchev–Trinajstić information content (AvgIpc) is 3.00. The van der Waals surface area contributed by atoms with Crippen molar-refractivity contribution in [2.24, 2.45) is 0 Å². The van der Waals surface area contributed by atoms with Crippen molar-refractivity contribution in [2.45, 2.75) is 32.2 Å². The van der Waals surface area contributed by atoms with Gasteiger partial charge in [0.05, 0.1) is 11.6 Å². The molecule has 0 radical (unpaired) electrons. The van der Waals surface area contributed by atoms with Crippen LogP contribution in [0.5, 0.6) is 0 Å². The van der Waals surface area contributed by atoms with Gasteiger partial charge in [0.2, 0.25) is 0 Å². The van der Waals surface area contributed by atoms with E-state index in [9.17, 15) is 4.79 Å². The highest BCUT2D eigenvalue weighted by atomic mass is 16.2. The molecule has 2 rings (SSSR count). The molecule has 1 heterocycles. The number of carbonyl (C=O) groups is 1. The van der Waals surface area contributed by atoms with Crippen molar-refractivity contribution in [3.8, 4) is 6.07 Å². The quantitative estimate of drug-likeness (QED) is 0.874. The molecule has 2 N–H and O–H groups in total. The van der Waals surface area contributed by atoms with Gasteiger partial charge in [-0.3, -0.25) is 0 Å². The normalized spacial score (nSPS) is 17.2. The SMILES string of the molecule is CCCN(CC1CCCN1)C(=O)Nc1cccc(C#N)c1. The summed E-state index contributed by atoms with van der Waals surface area (Å²) in [5.41, 5.74) is 1.21. The molecule has 1 aliphatic heterocycles. The van der Waals surface area contributed by atoms with E-state index in [1.807, 2.05) is 4.90 Å². The van der Waals surface area contributed by atoms with E-state index < -0.39 is 0 Å². The zero-order valence-electron chi connectivity index (χ0n) is 12.4. The van der Waals surface area contributed by atoms with E-state index >= 15 is 0 Å². The minimum Gasteiger partial charge on any atom is -0.323 e. The number of anilines is 1. The number of hydrogen-bond acceptors (Lipinski definition) is 3. The van der Waals surface area contributed by atoms with Crippen molar-refractivity contribution in [3.05, 3.63) is 29.8 Å². The highest BCUT2D eigenvalue weighted by molar-refractivity contribution is 5.89. The van der Waals surface area contributed by atoms with E-state index in [1.165, 1.54) is 6.42 Å². The molecule has 1 atom stereocenters. The van der Waals surface area contributed by atoms with Crippen molar-refractivity contribution in [1.82, 2.24) is 10.2 Å². The molecule has 2 amide bonds. The molecule has 0 aliphatic carbocycles. The zero-order valence-corrected chi connectivity index (χ0v) is 12.4. The van der Waals surface area contributed by atoms with E-state index in [4.69, 9.17) is 5.26 Å². The summed E-state index contributed by atoms with van der Waals surface area (Å²) in [6.45, 7) is 4.58. The van der Waals surface area contributed by atoms with Gasteiger partial charge in [0.25, 0.3) is 0 Å². The van der Waals surface area contributed by atoms with Gasteiger partial charge in [-0.2, -0.15) is 5.26 Å². The van der Waals surface area contributed by atoms with Crippen LogP contribution < -0.4 is 10.6 Å². The lowest BCUT2D eigenvalue weighted by Crippen LogP contribution is -2.43. The maximum Gasteiger partial charge on any atom is 0.321 e. The van der Waals surface area contributed by atoms with Crippen LogP contribution in [0.25, 0.3) is 0 Å². The molecule has 0 spiro atoms. The third-order valence-electron chi connectivity index (χ3n) is 3.63. The lowest BCUT2D eigenvalue weighted by Gasteiger charge is -2.25. The lowest BCUT2D eigenvalue weighted by atomic mass is 10.2. The summed E-state index contributed by atoms with van der Waals surface area (Å²) < 4.78 is 0. The topological polar surface area (TPSA) is 68.2 Å². The molecular weight excluding hydrogens is 264 g/mol. The minimum absolute atomic E-state index is 0.0966. The van der Waals surface area contributed by atoms with Gasteiger partial charge < -0.3 is 15.5 Å². The minimum atomic E-state index is -0.0966. The first-order valence-corrected chi connectivity index (χ1v) is 7.52. The first-order valence-electron chi connectivity index (χ1n) is 7.52. The standard InChI is InChI=1S/C16H22N4O/c1-2-9-20(12-15-7-4-8-18-15)16(21)19-14-6-3-5-13(10-14)11-17/h3,5-6,10,15,18H,2,4,7-9,12H2,1H3,(H,19,21). The number of nitriles is 1. The van der Waals surface area contributed by atoms with Crippen LogP contribution in [0.15, 0.2) is 24.3 Å². The van der Waals surface area contributed by atoms with Crippen LogP contribution in [0, 0.1) is 11.3 Å². The van der Waals surface area contributed by atoms with Gasteiger partial charge in [0.15, 0.2) is 0 Å². The molecule has 1 aliphatic rings. The first-order chi connectivity index (χ1) is 10.2. The van der Waals surface area contributed by atoms with Crippen molar-refractivity contribution < 1.29 is 4.79 Å². The lowest BCUT2D eigenvalue weighted by molar-refractivity contribution is 0.206. The van der Waals surface area contributed by atoms with Crippen LogP contribution in [0.4, 0.5) is 10.5 Å². The summed E-state index contributed by atoms with van der Waals surface area (Å²) in [4.78, 5) is 14.2. The number of amides is 2. The van der Waals surface area contributed by atoms with Gasteiger partial charge in [-0.25, -0.2) is 4.79 Å². The molecule has 0 aromatic heterocycles. The third kappa shape index (κ3) is 4.47. The maximum atomic E-state index is 12.4. The summed E-state index contributed by atoms with van der Waals surface area (Å²) in [6, 6.07) is 9.37. The van der Waals surface area contributed by atoms with Gasteiger partial charge in [-0.05, 0) is 44.0 Å². The Morgan fingerprint density at radius 3 is 3.10 bits per heavy atom. The maximum absolute atomic E-state index is 12.4. The fraction of sp³-hybridized carbons (Fsp3) is 0.500. The van der Waals surface area contributed by atoms with E-state index in [1.54, 1.807) is 24.3 Å². The Hall–Kier alpha value is -2.06. The first kappa shape index (κ1) is 15.3. The van der Waals surface area contributed by atoms with Crippen LogP contribution in [0.3, 0.4) is 0 Å². The molecule has 21 heavy (non-hydrogen) atoms. The van der Waals surface area contributed by atoms with Crippen LogP contribution in [0.1, 0.15) is 31.7 Å². The number of carbonyl (C=O) groups excluding carboxylic acids is 1. The highest BCUT2D eigenvalue weighted by Gasteiger charge is 2.21. The Bertz CT molecular complexity index is 517. The van der Waals surface area contributed by atoms with Gasteiger partial charge >= 0.3 is 6.03 Å². The van der Waals surface area contributed by atoms with Crippen molar-refractivity contribution in [3.63, 3.8) is 0 Å². The van der Waals surface area contributed by atoms with E-state index in [-0.39, 0.29) is 6.03 Å². The Balaban J connectivity index is 1.98. The molecule has 1 unspecified atom stereocenters. The van der Waals surface area contributed by atoms with E-state index in [2.05, 4.69) is 23.6 Å². The number of nitrogens with one attached hydrogen (secondary N) is 2. The fourth-order valence-electron chi connectivity index (χ4n) is 2.59. The number of urea groups is 1. The molecule has 0 saturated carbocycles. The van der Waals surface area contributed by atoms with E-state index in [0.717, 1.165) is 32.5 Å².